The maximum Gasteiger partial charge on any atom is 0.160 e. The first-order chi connectivity index (χ1) is 8.08. The molecule has 0 aliphatic carbocycles. The van der Waals surface area contributed by atoms with Crippen LogP contribution < -0.4 is 0 Å². The minimum absolute atomic E-state index is 0.125. The first-order valence-corrected chi connectivity index (χ1v) is 5.45. The number of carbonyl (C=O) groups is 1. The Morgan fingerprint density at radius 1 is 1.06 bits per heavy atom. The highest BCUT2D eigenvalue weighted by Gasteiger charge is 2.10. The quantitative estimate of drug-likeness (QED) is 0.710. The van der Waals surface area contributed by atoms with Crippen molar-refractivity contribution in [3.8, 4) is 11.1 Å². The number of benzene rings is 2. The topological polar surface area (TPSA) is 17.1 Å². The van der Waals surface area contributed by atoms with E-state index >= 15 is 0 Å². The van der Waals surface area contributed by atoms with Crippen LogP contribution in [0.1, 0.15) is 22.8 Å². The van der Waals surface area contributed by atoms with E-state index in [1.165, 1.54) is 19.1 Å². The van der Waals surface area contributed by atoms with Gasteiger partial charge < -0.3 is 0 Å². The molecule has 0 N–H and O–H groups in total. The van der Waals surface area contributed by atoms with Crippen LogP contribution in [-0.4, -0.2) is 5.78 Å². The van der Waals surface area contributed by atoms with Crippen molar-refractivity contribution in [2.45, 2.75) is 13.8 Å². The number of hydrogen-bond acceptors (Lipinski definition) is 1. The van der Waals surface area contributed by atoms with Crippen molar-refractivity contribution in [3.63, 3.8) is 0 Å². The lowest BCUT2D eigenvalue weighted by Crippen LogP contribution is -1.97. The summed E-state index contributed by atoms with van der Waals surface area (Å²) < 4.78 is 13.1. The zero-order chi connectivity index (χ0) is 12.4. The first kappa shape index (κ1) is 11.5. The number of ketones is 1. The smallest absolute Gasteiger partial charge is 0.160 e. The van der Waals surface area contributed by atoms with Crippen molar-refractivity contribution >= 4 is 5.78 Å². The van der Waals surface area contributed by atoms with Crippen LogP contribution in [0.25, 0.3) is 11.1 Å². The molecule has 0 unspecified atom stereocenters. The van der Waals surface area contributed by atoms with E-state index in [1.807, 2.05) is 31.2 Å². The van der Waals surface area contributed by atoms with Crippen LogP contribution in [0.2, 0.25) is 0 Å². The molecular weight excluding hydrogens is 215 g/mol. The maximum atomic E-state index is 13.1. The molecule has 2 heteroatoms. The second-order valence-electron chi connectivity index (χ2n) is 4.11. The summed E-state index contributed by atoms with van der Waals surface area (Å²) in [6, 6.07) is 12.1. The number of carbonyl (C=O) groups excluding carboxylic acids is 1. The highest BCUT2D eigenvalue weighted by molar-refractivity contribution is 6.00. The van der Waals surface area contributed by atoms with Gasteiger partial charge in [0.25, 0.3) is 0 Å². The van der Waals surface area contributed by atoms with Crippen LogP contribution >= 0.6 is 0 Å². The SMILES string of the molecule is CC(=O)c1cc(F)ccc1-c1ccc(C)cc1. The van der Waals surface area contributed by atoms with Gasteiger partial charge in [0.2, 0.25) is 0 Å². The van der Waals surface area contributed by atoms with Crippen LogP contribution in [0.5, 0.6) is 0 Å². The third kappa shape index (κ3) is 2.41. The molecule has 0 aliphatic rings. The summed E-state index contributed by atoms with van der Waals surface area (Å²) in [6.45, 7) is 3.45. The van der Waals surface area contributed by atoms with Crippen LogP contribution in [0.3, 0.4) is 0 Å². The van der Waals surface area contributed by atoms with E-state index in [0.717, 1.165) is 16.7 Å². The number of rotatable bonds is 2. The molecule has 1 nitrogen and oxygen atoms in total. The molecule has 0 saturated heterocycles. The van der Waals surface area contributed by atoms with Crippen molar-refractivity contribution in [3.05, 3.63) is 59.4 Å². The van der Waals surface area contributed by atoms with Gasteiger partial charge in [0.15, 0.2) is 5.78 Å². The van der Waals surface area contributed by atoms with Crippen molar-refractivity contribution in [2.75, 3.05) is 0 Å². The highest BCUT2D eigenvalue weighted by atomic mass is 19.1. The van der Waals surface area contributed by atoms with Crippen molar-refractivity contribution in [1.82, 2.24) is 0 Å². The Balaban J connectivity index is 2.58. The predicted molar refractivity (Wildman–Crippen MR) is 66.6 cm³/mol. The molecule has 0 amide bonds. The van der Waals surface area contributed by atoms with Crippen molar-refractivity contribution in [2.24, 2.45) is 0 Å². The zero-order valence-corrected chi connectivity index (χ0v) is 9.83. The average Bonchev–Trinajstić information content (AvgIpc) is 2.30. The van der Waals surface area contributed by atoms with E-state index < -0.39 is 0 Å². The van der Waals surface area contributed by atoms with E-state index in [0.29, 0.717) is 5.56 Å². The molecule has 2 rings (SSSR count). The van der Waals surface area contributed by atoms with E-state index in [1.54, 1.807) is 6.07 Å². The molecule has 0 radical (unpaired) electrons. The Morgan fingerprint density at radius 3 is 2.29 bits per heavy atom. The lowest BCUT2D eigenvalue weighted by molar-refractivity contribution is 0.101. The molecule has 0 atom stereocenters. The lowest BCUT2D eigenvalue weighted by Gasteiger charge is -2.07. The summed E-state index contributed by atoms with van der Waals surface area (Å²) in [6.07, 6.45) is 0. The Hall–Kier alpha value is -1.96. The lowest BCUT2D eigenvalue weighted by atomic mass is 9.97. The van der Waals surface area contributed by atoms with Crippen LogP contribution in [0, 0.1) is 12.7 Å². The van der Waals surface area contributed by atoms with Gasteiger partial charge in [-0.15, -0.1) is 0 Å². The molecule has 86 valence electrons. The van der Waals surface area contributed by atoms with Gasteiger partial charge in [-0.05, 0) is 37.1 Å². The fourth-order valence-electron chi connectivity index (χ4n) is 1.79. The van der Waals surface area contributed by atoms with Gasteiger partial charge in [-0.25, -0.2) is 4.39 Å². The van der Waals surface area contributed by atoms with E-state index in [4.69, 9.17) is 0 Å². The molecule has 0 aromatic heterocycles. The summed E-state index contributed by atoms with van der Waals surface area (Å²) >= 11 is 0. The molecule has 0 fully saturated rings. The summed E-state index contributed by atoms with van der Waals surface area (Å²) in [5.41, 5.74) is 3.29. The van der Waals surface area contributed by atoms with Gasteiger partial charge in [0.1, 0.15) is 5.82 Å². The largest absolute Gasteiger partial charge is 0.294 e. The van der Waals surface area contributed by atoms with Crippen LogP contribution in [0.15, 0.2) is 42.5 Å². The van der Waals surface area contributed by atoms with Crippen molar-refractivity contribution in [1.29, 1.82) is 0 Å². The molecule has 17 heavy (non-hydrogen) atoms. The Labute approximate surface area is 99.9 Å². The van der Waals surface area contributed by atoms with E-state index in [9.17, 15) is 9.18 Å². The Bertz CT molecular complexity index is 556. The first-order valence-electron chi connectivity index (χ1n) is 5.45. The Morgan fingerprint density at radius 2 is 1.71 bits per heavy atom. The molecule has 0 saturated carbocycles. The number of halogens is 1. The Kier molecular flexibility index (Phi) is 3.05. The maximum absolute atomic E-state index is 13.1. The van der Waals surface area contributed by atoms with Crippen molar-refractivity contribution < 1.29 is 9.18 Å². The molecular formula is C15H13FO. The van der Waals surface area contributed by atoms with Crippen LogP contribution in [-0.2, 0) is 0 Å². The van der Waals surface area contributed by atoms with Crippen LogP contribution in [0.4, 0.5) is 4.39 Å². The number of Topliss-reactive ketones (excluding diaryl/α,β-unsaturated/α-hetero) is 1. The molecule has 2 aromatic carbocycles. The summed E-state index contributed by atoms with van der Waals surface area (Å²) in [5.74, 6) is -0.508. The minimum atomic E-state index is -0.383. The predicted octanol–water partition coefficient (Wildman–Crippen LogP) is 4.00. The normalized spacial score (nSPS) is 10.3. The van der Waals surface area contributed by atoms with Gasteiger partial charge in [0, 0.05) is 5.56 Å². The molecule has 2 aromatic rings. The monoisotopic (exact) mass is 228 g/mol. The fourth-order valence-corrected chi connectivity index (χ4v) is 1.79. The van der Waals surface area contributed by atoms with Gasteiger partial charge in [-0.3, -0.25) is 4.79 Å². The third-order valence-electron chi connectivity index (χ3n) is 2.72. The van der Waals surface area contributed by atoms with E-state index in [-0.39, 0.29) is 11.6 Å². The molecule has 0 spiro atoms. The standard InChI is InChI=1S/C15H13FO/c1-10-3-5-12(6-4-10)14-8-7-13(16)9-15(14)11(2)17/h3-9H,1-2H3. The molecule has 0 heterocycles. The molecule has 0 bridgehead atoms. The van der Waals surface area contributed by atoms with Gasteiger partial charge in [-0.1, -0.05) is 35.9 Å². The van der Waals surface area contributed by atoms with E-state index in [2.05, 4.69) is 0 Å². The van der Waals surface area contributed by atoms with Gasteiger partial charge >= 0.3 is 0 Å². The number of aryl methyl sites for hydroxylation is 1. The minimum Gasteiger partial charge on any atom is -0.294 e. The average molecular weight is 228 g/mol. The second-order valence-corrected chi connectivity index (χ2v) is 4.11. The van der Waals surface area contributed by atoms with Gasteiger partial charge in [-0.2, -0.15) is 0 Å². The highest BCUT2D eigenvalue weighted by Crippen LogP contribution is 2.25. The third-order valence-corrected chi connectivity index (χ3v) is 2.72. The summed E-state index contributed by atoms with van der Waals surface area (Å²) in [4.78, 5) is 11.5. The summed E-state index contributed by atoms with van der Waals surface area (Å²) in [7, 11) is 0. The number of hydrogen-bond donors (Lipinski definition) is 0. The zero-order valence-electron chi connectivity index (χ0n) is 9.83. The van der Waals surface area contributed by atoms with Gasteiger partial charge in [0.05, 0.1) is 0 Å². The second kappa shape index (κ2) is 4.50. The summed E-state index contributed by atoms with van der Waals surface area (Å²) in [5, 5.41) is 0. The molecule has 0 aliphatic heterocycles. The fraction of sp³-hybridized carbons (Fsp3) is 0.133.